The third-order valence-corrected chi connectivity index (χ3v) is 11.7. The number of anilines is 1. The molecule has 64 heavy (non-hydrogen) atoms. The molecule has 0 amide bonds. The minimum atomic E-state index is -1.27. The molecule has 2 aromatic heterocycles. The Kier molecular flexibility index (Phi) is 14.5. The van der Waals surface area contributed by atoms with Crippen molar-refractivity contribution in [3.8, 4) is 28.1 Å². The van der Waals surface area contributed by atoms with Gasteiger partial charge in [0.1, 0.15) is 23.8 Å². The fourth-order valence-corrected chi connectivity index (χ4v) is 8.08. The first kappa shape index (κ1) is 46.3. The molecule has 338 valence electrons. The molecule has 2 atom stereocenters. The summed E-state index contributed by atoms with van der Waals surface area (Å²) < 4.78 is 62.2. The van der Waals surface area contributed by atoms with Crippen molar-refractivity contribution in [3.63, 3.8) is 0 Å². The van der Waals surface area contributed by atoms with Gasteiger partial charge in [-0.25, -0.2) is 18.6 Å². The van der Waals surface area contributed by atoms with Gasteiger partial charge in [0, 0.05) is 42.0 Å². The fraction of sp³-hybridized carbons (Fsp3) is 0.385. The van der Waals surface area contributed by atoms with Gasteiger partial charge in [0.25, 0.3) is 0 Å². The molecule has 0 spiro atoms. The largest absolute Gasteiger partial charge is 0.488 e. The summed E-state index contributed by atoms with van der Waals surface area (Å²) in [6.07, 6.45) is 1.95. The van der Waals surface area contributed by atoms with Gasteiger partial charge in [-0.1, -0.05) is 78.9 Å². The summed E-state index contributed by atoms with van der Waals surface area (Å²) in [6, 6.07) is 29.2. The van der Waals surface area contributed by atoms with Gasteiger partial charge in [0.05, 0.1) is 49.4 Å². The number of nitrogens with zero attached hydrogens (tertiary/aromatic N) is 3. The Labute approximate surface area is 374 Å². The number of carboxylic acids is 1. The van der Waals surface area contributed by atoms with Gasteiger partial charge in [0.2, 0.25) is 0 Å². The van der Waals surface area contributed by atoms with E-state index in [-0.39, 0.29) is 18.5 Å². The van der Waals surface area contributed by atoms with Gasteiger partial charge in [-0.3, -0.25) is 4.40 Å². The lowest BCUT2D eigenvalue weighted by molar-refractivity contribution is -0.160. The number of halogens is 2. The number of hydrogen-bond acceptors (Lipinski definition) is 8. The van der Waals surface area contributed by atoms with Crippen molar-refractivity contribution in [2.75, 3.05) is 37.8 Å². The number of hydrogen-bond donors (Lipinski definition) is 1. The van der Waals surface area contributed by atoms with Crippen molar-refractivity contribution < 1.29 is 42.4 Å². The summed E-state index contributed by atoms with van der Waals surface area (Å²) in [7, 11) is 0. The number of aryl methyl sites for hydroxylation is 1. The molecule has 1 N–H and O–H groups in total. The normalized spacial score (nSPS) is 15.0. The second kappa shape index (κ2) is 20.0. The molecule has 1 aliphatic heterocycles. The van der Waals surface area contributed by atoms with E-state index in [0.717, 1.165) is 39.9 Å². The minimum Gasteiger partial charge on any atom is -0.488 e. The molecule has 0 aliphatic carbocycles. The number of piperidine rings is 1. The molecule has 1 saturated heterocycles. The molecule has 0 bridgehead atoms. The van der Waals surface area contributed by atoms with Crippen molar-refractivity contribution in [1.29, 1.82) is 0 Å². The zero-order valence-electron chi connectivity index (χ0n) is 37.8. The Bertz CT molecular complexity index is 2530. The summed E-state index contributed by atoms with van der Waals surface area (Å²) in [4.78, 5) is 20.5. The summed E-state index contributed by atoms with van der Waals surface area (Å²) in [5.74, 6) is -2.18. The topological polar surface area (TPSA) is 104 Å². The molecule has 0 saturated carbocycles. The van der Waals surface area contributed by atoms with E-state index in [1.54, 1.807) is 0 Å². The predicted octanol–water partition coefficient (Wildman–Crippen LogP) is 11.1. The van der Waals surface area contributed by atoms with Gasteiger partial charge in [-0.2, -0.15) is 0 Å². The molecule has 6 aromatic rings. The highest BCUT2D eigenvalue weighted by Crippen LogP contribution is 2.42. The molecule has 1 aliphatic rings. The number of pyridine rings is 1. The van der Waals surface area contributed by atoms with E-state index < -0.39 is 34.9 Å². The lowest BCUT2D eigenvalue weighted by Crippen LogP contribution is -2.46. The highest BCUT2D eigenvalue weighted by atomic mass is 19.2. The average Bonchev–Trinajstić information content (AvgIpc) is 3.73. The molecule has 12 heteroatoms. The molecule has 10 nitrogen and oxygen atoms in total. The maximum absolute atomic E-state index is 14.9. The van der Waals surface area contributed by atoms with Crippen LogP contribution in [0.15, 0.2) is 103 Å². The van der Waals surface area contributed by atoms with E-state index in [1.165, 1.54) is 0 Å². The Morgan fingerprint density at radius 1 is 0.844 bits per heavy atom. The summed E-state index contributed by atoms with van der Waals surface area (Å²) in [5.41, 5.74) is 5.98. The van der Waals surface area contributed by atoms with Crippen LogP contribution >= 0.6 is 0 Å². The van der Waals surface area contributed by atoms with Crippen molar-refractivity contribution in [1.82, 2.24) is 9.38 Å². The van der Waals surface area contributed by atoms with Crippen LogP contribution in [0.1, 0.15) is 81.4 Å². The third-order valence-electron chi connectivity index (χ3n) is 11.7. The Morgan fingerprint density at radius 2 is 1.48 bits per heavy atom. The highest BCUT2D eigenvalue weighted by molar-refractivity contribution is 5.81. The van der Waals surface area contributed by atoms with Crippen LogP contribution in [0.5, 0.6) is 5.75 Å². The maximum Gasteiger partial charge on any atom is 0.337 e. The molecular formula is C52H59F2N3O7. The molecule has 0 radical (unpaired) electrons. The van der Waals surface area contributed by atoms with Crippen molar-refractivity contribution in [2.24, 2.45) is 0 Å². The Balaban J connectivity index is 1.15. The van der Waals surface area contributed by atoms with Crippen LogP contribution in [0.25, 0.3) is 28.0 Å². The van der Waals surface area contributed by atoms with Crippen molar-refractivity contribution in [3.05, 3.63) is 143 Å². The number of carbonyl (C=O) groups is 1. The van der Waals surface area contributed by atoms with Crippen LogP contribution in [0, 0.1) is 25.5 Å². The van der Waals surface area contributed by atoms with Crippen LogP contribution in [0.4, 0.5) is 14.6 Å². The molecule has 2 unspecified atom stereocenters. The molecule has 4 aromatic carbocycles. The van der Waals surface area contributed by atoms with Gasteiger partial charge >= 0.3 is 5.97 Å². The number of aromatic nitrogens is 2. The van der Waals surface area contributed by atoms with Crippen LogP contribution < -0.4 is 9.64 Å². The second-order valence-electron chi connectivity index (χ2n) is 17.8. The van der Waals surface area contributed by atoms with Crippen LogP contribution in [0.3, 0.4) is 0 Å². The highest BCUT2D eigenvalue weighted by Gasteiger charge is 2.38. The molecular weight excluding hydrogens is 817 g/mol. The quantitative estimate of drug-likeness (QED) is 0.0845. The number of aliphatic carboxylic acids is 1. The van der Waals surface area contributed by atoms with Crippen LogP contribution in [0.2, 0.25) is 0 Å². The van der Waals surface area contributed by atoms with Gasteiger partial charge in [0.15, 0.2) is 17.7 Å². The first-order valence-electron chi connectivity index (χ1n) is 21.9. The predicted molar refractivity (Wildman–Crippen MR) is 245 cm³/mol. The third kappa shape index (κ3) is 11.2. The number of benzene rings is 4. The first-order valence-corrected chi connectivity index (χ1v) is 21.9. The average molecular weight is 876 g/mol. The zero-order chi connectivity index (χ0) is 45.6. The zero-order valence-corrected chi connectivity index (χ0v) is 37.8. The standard InChI is InChI=1S/C52H59F2N3O7/c1-34(61-32-37-15-10-8-11-16-37)31-60-25-26-63-52(7)21-23-56(24-22-52)49-46(47(50(58)59)64-51(4,5)6)35(2)36(3)48-55-44(30-57(48)49)40-20-14-19-39(27-40)41-28-42(53)43(54)29-45(41)62-33-38-17-12-9-13-18-38/h8-20,27-30,34,47H,21-26,31-33H2,1-7H3,(H,58,59). The maximum atomic E-state index is 14.9. The van der Waals surface area contributed by atoms with Crippen LogP contribution in [-0.4, -0.2) is 70.7 Å². The monoisotopic (exact) mass is 875 g/mol. The minimum absolute atomic E-state index is 0.0652. The van der Waals surface area contributed by atoms with E-state index in [1.807, 2.05) is 137 Å². The van der Waals surface area contributed by atoms with Gasteiger partial charge in [-0.15, -0.1) is 0 Å². The first-order chi connectivity index (χ1) is 30.6. The number of imidazole rings is 1. The lowest BCUT2D eigenvalue weighted by atomic mass is 9.92. The second-order valence-corrected chi connectivity index (χ2v) is 17.8. The molecule has 1 fully saturated rings. The van der Waals surface area contributed by atoms with E-state index in [9.17, 15) is 18.7 Å². The van der Waals surface area contributed by atoms with E-state index in [2.05, 4.69) is 11.8 Å². The fourth-order valence-electron chi connectivity index (χ4n) is 8.08. The van der Waals surface area contributed by atoms with Crippen LogP contribution in [-0.2, 0) is 37.0 Å². The SMILES string of the molecule is Cc1c(C(OC(C)(C)C)C(=O)O)c(N2CCC(C)(OCCOCC(C)OCc3ccccc3)CC2)n2cc(-c3cccc(-c4cc(F)c(F)cc4OCc4ccccc4)c3)nc2c1C. The molecule has 3 heterocycles. The Hall–Kier alpha value is -5.66. The van der Waals surface area contributed by atoms with E-state index in [0.29, 0.717) is 86.2 Å². The number of carboxylic acid groups (broad SMARTS) is 1. The summed E-state index contributed by atoms with van der Waals surface area (Å²) >= 11 is 0. The summed E-state index contributed by atoms with van der Waals surface area (Å²) in [5, 5.41) is 10.8. The Morgan fingerprint density at radius 3 is 2.14 bits per heavy atom. The van der Waals surface area contributed by atoms with Crippen molar-refractivity contribution >= 4 is 17.4 Å². The smallest absolute Gasteiger partial charge is 0.337 e. The van der Waals surface area contributed by atoms with Crippen molar-refractivity contribution in [2.45, 2.75) is 97.9 Å². The van der Waals surface area contributed by atoms with E-state index >= 15 is 0 Å². The van der Waals surface area contributed by atoms with Gasteiger partial charge in [-0.05, 0) is 101 Å². The number of fused-ring (bicyclic) bond motifs is 1. The number of ether oxygens (including phenoxy) is 5. The molecule has 7 rings (SSSR count). The number of rotatable bonds is 18. The van der Waals surface area contributed by atoms with E-state index in [4.69, 9.17) is 28.7 Å². The van der Waals surface area contributed by atoms with Gasteiger partial charge < -0.3 is 33.7 Å². The lowest BCUT2D eigenvalue weighted by Gasteiger charge is -2.42. The summed E-state index contributed by atoms with van der Waals surface area (Å²) in [6.45, 7) is 16.7.